The van der Waals surface area contributed by atoms with Gasteiger partial charge < -0.3 is 14.8 Å². The van der Waals surface area contributed by atoms with Crippen LogP contribution >= 0.6 is 0 Å². The van der Waals surface area contributed by atoms with E-state index in [4.69, 9.17) is 19.6 Å². The van der Waals surface area contributed by atoms with Crippen LogP contribution in [0.25, 0.3) is 11.0 Å². The maximum absolute atomic E-state index is 13.5. The number of aromatic nitrogens is 4. The molecule has 214 valence electrons. The average molecular weight is 548 g/mol. The fourth-order valence-electron chi connectivity index (χ4n) is 6.36. The summed E-state index contributed by atoms with van der Waals surface area (Å²) in [5, 5.41) is 9.12. The van der Waals surface area contributed by atoms with Gasteiger partial charge in [0.15, 0.2) is 5.65 Å². The third kappa shape index (κ3) is 5.99. The SMILES string of the molecule is CC(C)(C)OC(=O)N(c1ccc(CNCCN2CCOCC2)cc1)c1ncc2cnn([C@H]3C[C@H]4CC[C@@H]3C4)c2n1. The van der Waals surface area contributed by atoms with Crippen molar-refractivity contribution in [2.75, 3.05) is 44.3 Å². The third-order valence-electron chi connectivity index (χ3n) is 8.34. The van der Waals surface area contributed by atoms with E-state index in [1.54, 1.807) is 6.20 Å². The molecule has 10 heteroatoms. The molecule has 2 saturated carbocycles. The summed E-state index contributed by atoms with van der Waals surface area (Å²) in [4.78, 5) is 26.9. The van der Waals surface area contributed by atoms with Crippen molar-refractivity contribution in [1.82, 2.24) is 30.0 Å². The van der Waals surface area contributed by atoms with Crippen LogP contribution in [0.2, 0.25) is 0 Å². The summed E-state index contributed by atoms with van der Waals surface area (Å²) >= 11 is 0. The number of nitrogens with one attached hydrogen (secondary N) is 1. The highest BCUT2D eigenvalue weighted by Crippen LogP contribution is 2.51. The molecular weight excluding hydrogens is 506 g/mol. The summed E-state index contributed by atoms with van der Waals surface area (Å²) in [7, 11) is 0. The fourth-order valence-corrected chi connectivity index (χ4v) is 6.36. The van der Waals surface area contributed by atoms with Gasteiger partial charge in [0.2, 0.25) is 5.95 Å². The molecule has 0 unspecified atom stereocenters. The van der Waals surface area contributed by atoms with E-state index in [1.165, 1.54) is 24.2 Å². The smallest absolute Gasteiger partial charge is 0.421 e. The Kier molecular flexibility index (Phi) is 7.74. The number of anilines is 2. The van der Waals surface area contributed by atoms with Gasteiger partial charge in [0.05, 0.1) is 36.5 Å². The molecule has 2 bridgehead atoms. The van der Waals surface area contributed by atoms with Crippen molar-refractivity contribution in [1.29, 1.82) is 0 Å². The Morgan fingerprint density at radius 2 is 1.93 bits per heavy atom. The van der Waals surface area contributed by atoms with E-state index in [-0.39, 0.29) is 0 Å². The molecular formula is C30H41N7O3. The van der Waals surface area contributed by atoms with Crippen molar-refractivity contribution in [3.8, 4) is 0 Å². The number of ether oxygens (including phenoxy) is 2. The first-order valence-corrected chi connectivity index (χ1v) is 14.7. The predicted octanol–water partition coefficient (Wildman–Crippen LogP) is 4.68. The molecule has 3 aromatic rings. The van der Waals surface area contributed by atoms with Gasteiger partial charge >= 0.3 is 6.09 Å². The zero-order valence-electron chi connectivity index (χ0n) is 23.9. The molecule has 2 aliphatic carbocycles. The third-order valence-corrected chi connectivity index (χ3v) is 8.34. The molecule has 3 fully saturated rings. The molecule has 1 amide bonds. The lowest BCUT2D eigenvalue weighted by molar-refractivity contribution is 0.0384. The Morgan fingerprint density at radius 3 is 2.62 bits per heavy atom. The lowest BCUT2D eigenvalue weighted by Gasteiger charge is -2.27. The van der Waals surface area contributed by atoms with Crippen molar-refractivity contribution in [3.63, 3.8) is 0 Å². The molecule has 1 saturated heterocycles. The van der Waals surface area contributed by atoms with Crippen LogP contribution in [-0.2, 0) is 16.0 Å². The predicted molar refractivity (Wildman–Crippen MR) is 154 cm³/mol. The van der Waals surface area contributed by atoms with Gasteiger partial charge in [0, 0.05) is 38.9 Å². The first-order valence-electron chi connectivity index (χ1n) is 14.7. The molecule has 3 aliphatic rings. The number of nitrogens with zero attached hydrogens (tertiary/aromatic N) is 6. The van der Waals surface area contributed by atoms with Gasteiger partial charge in [0.1, 0.15) is 5.60 Å². The maximum Gasteiger partial charge on any atom is 0.421 e. The zero-order chi connectivity index (χ0) is 27.7. The van der Waals surface area contributed by atoms with Crippen molar-refractivity contribution in [3.05, 3.63) is 42.2 Å². The van der Waals surface area contributed by atoms with Crippen LogP contribution in [-0.4, -0.2) is 75.7 Å². The molecule has 3 heterocycles. The van der Waals surface area contributed by atoms with Crippen LogP contribution in [0.3, 0.4) is 0 Å². The summed E-state index contributed by atoms with van der Waals surface area (Å²) in [6, 6.07) is 8.30. The van der Waals surface area contributed by atoms with Gasteiger partial charge in [-0.05, 0) is 69.6 Å². The zero-order valence-corrected chi connectivity index (χ0v) is 23.9. The second-order valence-corrected chi connectivity index (χ2v) is 12.4. The Hall–Kier alpha value is -3.08. The summed E-state index contributed by atoms with van der Waals surface area (Å²) in [5.74, 6) is 1.74. The minimum atomic E-state index is -0.658. The van der Waals surface area contributed by atoms with E-state index < -0.39 is 11.7 Å². The lowest BCUT2D eigenvalue weighted by atomic mass is 9.95. The van der Waals surface area contributed by atoms with Crippen LogP contribution in [0.1, 0.15) is 58.1 Å². The summed E-state index contributed by atoms with van der Waals surface area (Å²) < 4.78 is 13.3. The fraction of sp³-hybridized carbons (Fsp3) is 0.600. The van der Waals surface area contributed by atoms with Gasteiger partial charge in [-0.3, -0.25) is 4.90 Å². The Labute approximate surface area is 236 Å². The molecule has 6 rings (SSSR count). The Bertz CT molecular complexity index is 1310. The molecule has 2 aromatic heterocycles. The van der Waals surface area contributed by atoms with Crippen LogP contribution in [0.15, 0.2) is 36.7 Å². The van der Waals surface area contributed by atoms with Gasteiger partial charge in [-0.25, -0.2) is 19.4 Å². The second-order valence-electron chi connectivity index (χ2n) is 12.4. The number of benzene rings is 1. The van der Waals surface area contributed by atoms with E-state index in [9.17, 15) is 4.79 Å². The quantitative estimate of drug-likeness (QED) is 0.406. The molecule has 0 spiro atoms. The van der Waals surface area contributed by atoms with E-state index in [0.717, 1.165) is 74.9 Å². The topological polar surface area (TPSA) is 97.6 Å². The Morgan fingerprint density at radius 1 is 1.12 bits per heavy atom. The molecule has 1 aromatic carbocycles. The van der Waals surface area contributed by atoms with E-state index in [1.807, 2.05) is 51.2 Å². The summed E-state index contributed by atoms with van der Waals surface area (Å²) in [6.45, 7) is 11.9. The van der Waals surface area contributed by atoms with Crippen LogP contribution in [0, 0.1) is 11.8 Å². The van der Waals surface area contributed by atoms with Gasteiger partial charge in [-0.1, -0.05) is 18.6 Å². The highest BCUT2D eigenvalue weighted by molar-refractivity contribution is 5.95. The average Bonchev–Trinajstić information content (AvgIpc) is 3.67. The standard InChI is InChI=1S/C30H41N7O3/c1-30(2,3)40-29(38)36(25-8-5-21(6-9-25)18-31-10-11-35-12-14-39-15-13-35)28-32-19-24-20-33-37(27(24)34-28)26-17-22-4-7-23(26)16-22/h5-6,8-9,19-20,22-23,26,31H,4,7,10-18H2,1-3H3/t22-,23+,26-/m0/s1. The van der Waals surface area contributed by atoms with Gasteiger partial charge in [0.25, 0.3) is 0 Å². The number of amides is 1. The van der Waals surface area contributed by atoms with Gasteiger partial charge in [-0.15, -0.1) is 0 Å². The first-order chi connectivity index (χ1) is 19.3. The largest absolute Gasteiger partial charge is 0.443 e. The number of fused-ring (bicyclic) bond motifs is 3. The molecule has 3 atom stereocenters. The first kappa shape index (κ1) is 27.1. The van der Waals surface area contributed by atoms with E-state index in [0.29, 0.717) is 23.6 Å². The summed E-state index contributed by atoms with van der Waals surface area (Å²) in [6.07, 6.45) is 8.11. The maximum atomic E-state index is 13.5. The summed E-state index contributed by atoms with van der Waals surface area (Å²) in [5.41, 5.74) is 1.92. The lowest BCUT2D eigenvalue weighted by Crippen LogP contribution is -2.40. The van der Waals surface area contributed by atoms with Crippen LogP contribution in [0.5, 0.6) is 0 Å². The minimum Gasteiger partial charge on any atom is -0.443 e. The molecule has 10 nitrogen and oxygen atoms in total. The highest BCUT2D eigenvalue weighted by Gasteiger charge is 2.41. The van der Waals surface area contributed by atoms with Crippen molar-refractivity contribution in [2.24, 2.45) is 11.8 Å². The number of hydrogen-bond acceptors (Lipinski definition) is 8. The Balaban J connectivity index is 1.21. The molecule has 1 N–H and O–H groups in total. The number of morpholine rings is 1. The monoisotopic (exact) mass is 547 g/mol. The minimum absolute atomic E-state index is 0.294. The molecule has 0 radical (unpaired) electrons. The normalized spacial score (nSPS) is 23.1. The number of carbonyl (C=O) groups excluding carboxylic acids is 1. The van der Waals surface area contributed by atoms with Crippen molar-refractivity contribution in [2.45, 2.75) is 64.6 Å². The number of carbonyl (C=O) groups is 1. The van der Waals surface area contributed by atoms with Crippen molar-refractivity contribution >= 4 is 28.8 Å². The second kappa shape index (κ2) is 11.4. The van der Waals surface area contributed by atoms with Crippen LogP contribution in [0.4, 0.5) is 16.4 Å². The molecule has 1 aliphatic heterocycles. The van der Waals surface area contributed by atoms with Crippen LogP contribution < -0.4 is 10.2 Å². The van der Waals surface area contributed by atoms with E-state index in [2.05, 4.69) is 19.9 Å². The van der Waals surface area contributed by atoms with Gasteiger partial charge in [-0.2, -0.15) is 10.1 Å². The van der Waals surface area contributed by atoms with Crippen molar-refractivity contribution < 1.29 is 14.3 Å². The van der Waals surface area contributed by atoms with E-state index >= 15 is 0 Å². The highest BCUT2D eigenvalue weighted by atomic mass is 16.6. The number of hydrogen-bond donors (Lipinski definition) is 1. The molecule has 40 heavy (non-hydrogen) atoms. The number of rotatable bonds is 8.